The molecule has 3 aromatic rings. The van der Waals surface area contributed by atoms with Gasteiger partial charge >= 0.3 is 0 Å². The highest BCUT2D eigenvalue weighted by molar-refractivity contribution is 5.82. The van der Waals surface area contributed by atoms with Crippen molar-refractivity contribution < 1.29 is 4.39 Å². The molecule has 1 aromatic heterocycles. The number of likely N-dealkylation sites (tertiary alicyclic amines) is 1. The van der Waals surface area contributed by atoms with Gasteiger partial charge in [0.05, 0.1) is 0 Å². The first-order valence-electron chi connectivity index (χ1n) is 9.27. The molecule has 3 heteroatoms. The first-order chi connectivity index (χ1) is 12.3. The summed E-state index contributed by atoms with van der Waals surface area (Å²) in [6, 6.07) is 15.5. The Morgan fingerprint density at radius 2 is 1.52 bits per heavy atom. The van der Waals surface area contributed by atoms with Gasteiger partial charge in [0.25, 0.3) is 0 Å². The van der Waals surface area contributed by atoms with Crippen LogP contribution >= 0.6 is 0 Å². The lowest BCUT2D eigenvalue weighted by Crippen LogP contribution is -2.36. The van der Waals surface area contributed by atoms with Crippen LogP contribution in [0.4, 0.5) is 4.39 Å². The van der Waals surface area contributed by atoms with Gasteiger partial charge in [-0.05, 0) is 66.7 Å². The molecule has 0 amide bonds. The minimum absolute atomic E-state index is 0.151. The van der Waals surface area contributed by atoms with Gasteiger partial charge in [-0.15, -0.1) is 0 Å². The van der Waals surface area contributed by atoms with Crippen molar-refractivity contribution in [2.45, 2.75) is 25.8 Å². The summed E-state index contributed by atoms with van der Waals surface area (Å²) in [4.78, 5) is 2.55. The lowest BCUT2D eigenvalue weighted by Gasteiger charge is -2.32. The second kappa shape index (κ2) is 7.40. The summed E-state index contributed by atoms with van der Waals surface area (Å²) in [5.74, 6) is 0.617. The topological polar surface area (TPSA) is 8.17 Å². The second-order valence-corrected chi connectivity index (χ2v) is 7.25. The summed E-state index contributed by atoms with van der Waals surface area (Å²) < 4.78 is 15.3. The third kappa shape index (κ3) is 4.10. The summed E-state index contributed by atoms with van der Waals surface area (Å²) >= 11 is 0. The Kier molecular flexibility index (Phi) is 4.84. The van der Waals surface area contributed by atoms with Crippen LogP contribution in [0.1, 0.15) is 18.4 Å². The van der Waals surface area contributed by atoms with Crippen molar-refractivity contribution in [2.75, 3.05) is 19.6 Å². The number of halogens is 1. The molecule has 1 aliphatic rings. The summed E-state index contributed by atoms with van der Waals surface area (Å²) in [6.07, 6.45) is 8.08. The molecule has 2 aromatic carbocycles. The van der Waals surface area contributed by atoms with Crippen LogP contribution < -0.4 is 0 Å². The maximum Gasteiger partial charge on any atom is 0.123 e. The Morgan fingerprint density at radius 3 is 2.16 bits per heavy atom. The average Bonchev–Trinajstić information content (AvgIpc) is 3.05. The number of piperidine rings is 1. The van der Waals surface area contributed by atoms with Crippen LogP contribution in [0.25, 0.3) is 10.8 Å². The van der Waals surface area contributed by atoms with Gasteiger partial charge in [0.2, 0.25) is 0 Å². The molecule has 0 unspecified atom stereocenters. The predicted molar refractivity (Wildman–Crippen MR) is 101 cm³/mol. The van der Waals surface area contributed by atoms with Crippen LogP contribution in [0.2, 0.25) is 0 Å². The zero-order valence-electron chi connectivity index (χ0n) is 14.6. The highest BCUT2D eigenvalue weighted by Gasteiger charge is 2.19. The van der Waals surface area contributed by atoms with Gasteiger partial charge in [-0.3, -0.25) is 0 Å². The van der Waals surface area contributed by atoms with E-state index in [4.69, 9.17) is 0 Å². The maximum absolute atomic E-state index is 13.0. The number of rotatable bonds is 5. The van der Waals surface area contributed by atoms with Crippen molar-refractivity contribution in [3.05, 3.63) is 72.3 Å². The van der Waals surface area contributed by atoms with Crippen molar-refractivity contribution in [3.8, 4) is 0 Å². The molecule has 130 valence electrons. The van der Waals surface area contributed by atoms with Crippen LogP contribution in [0.3, 0.4) is 0 Å². The fraction of sp³-hybridized carbons (Fsp3) is 0.364. The van der Waals surface area contributed by atoms with Crippen molar-refractivity contribution in [2.24, 2.45) is 5.92 Å². The van der Waals surface area contributed by atoms with Crippen LogP contribution in [-0.2, 0) is 13.0 Å². The van der Waals surface area contributed by atoms with Gasteiger partial charge in [-0.2, -0.15) is 0 Å². The Balaban J connectivity index is 1.25. The molecule has 2 nitrogen and oxygen atoms in total. The molecular formula is C22H25FN2. The molecule has 0 N–H and O–H groups in total. The number of nitrogens with zero attached hydrogens (tertiary/aromatic N) is 2. The van der Waals surface area contributed by atoms with E-state index in [9.17, 15) is 4.39 Å². The van der Waals surface area contributed by atoms with Crippen LogP contribution in [0, 0.1) is 11.7 Å². The number of fused-ring (bicyclic) bond motifs is 1. The largest absolute Gasteiger partial charge is 0.353 e. The van der Waals surface area contributed by atoms with Crippen molar-refractivity contribution in [1.82, 2.24) is 9.47 Å². The SMILES string of the molecule is Fc1ccc(CCN2CCC(Cn3cc4ccccc4c3)CC2)cc1. The molecule has 1 saturated heterocycles. The van der Waals surface area contributed by atoms with Crippen molar-refractivity contribution in [1.29, 1.82) is 0 Å². The first kappa shape index (κ1) is 16.3. The van der Waals surface area contributed by atoms with Gasteiger partial charge in [-0.1, -0.05) is 36.4 Å². The van der Waals surface area contributed by atoms with E-state index >= 15 is 0 Å². The van der Waals surface area contributed by atoms with Gasteiger partial charge < -0.3 is 9.47 Å². The van der Waals surface area contributed by atoms with E-state index < -0.39 is 0 Å². The quantitative estimate of drug-likeness (QED) is 0.653. The van der Waals surface area contributed by atoms with E-state index in [0.717, 1.165) is 25.4 Å². The molecule has 0 aliphatic carbocycles. The van der Waals surface area contributed by atoms with Gasteiger partial charge in [0.15, 0.2) is 0 Å². The predicted octanol–water partition coefficient (Wildman–Crippen LogP) is 4.74. The maximum atomic E-state index is 13.0. The molecule has 4 rings (SSSR count). The third-order valence-corrected chi connectivity index (χ3v) is 5.41. The lowest BCUT2D eigenvalue weighted by atomic mass is 9.96. The van der Waals surface area contributed by atoms with E-state index in [1.807, 2.05) is 12.1 Å². The highest BCUT2D eigenvalue weighted by Crippen LogP contribution is 2.22. The van der Waals surface area contributed by atoms with Crippen LogP contribution in [0.15, 0.2) is 60.9 Å². The number of benzene rings is 2. The van der Waals surface area contributed by atoms with Crippen molar-refractivity contribution >= 4 is 10.8 Å². The molecule has 0 bridgehead atoms. The molecule has 0 atom stereocenters. The zero-order valence-corrected chi connectivity index (χ0v) is 14.6. The van der Waals surface area contributed by atoms with Crippen LogP contribution in [-0.4, -0.2) is 29.1 Å². The summed E-state index contributed by atoms with van der Waals surface area (Å²) in [5, 5.41) is 2.67. The minimum atomic E-state index is -0.151. The fourth-order valence-corrected chi connectivity index (χ4v) is 3.88. The van der Waals surface area contributed by atoms with E-state index in [1.54, 1.807) is 12.1 Å². The number of hydrogen-bond acceptors (Lipinski definition) is 1. The molecule has 1 aliphatic heterocycles. The minimum Gasteiger partial charge on any atom is -0.353 e. The summed E-state index contributed by atoms with van der Waals surface area (Å²) in [5.41, 5.74) is 1.22. The molecule has 0 saturated carbocycles. The van der Waals surface area contributed by atoms with Gasteiger partial charge in [0, 0.05) is 25.5 Å². The second-order valence-electron chi connectivity index (χ2n) is 7.25. The summed E-state index contributed by atoms with van der Waals surface area (Å²) in [6.45, 7) is 4.55. The Labute approximate surface area is 148 Å². The summed E-state index contributed by atoms with van der Waals surface area (Å²) in [7, 11) is 0. The van der Waals surface area contributed by atoms with Gasteiger partial charge in [-0.25, -0.2) is 4.39 Å². The molecular weight excluding hydrogens is 311 g/mol. The van der Waals surface area contributed by atoms with Crippen LogP contribution in [0.5, 0.6) is 0 Å². The molecule has 0 spiro atoms. The van der Waals surface area contributed by atoms with Crippen molar-refractivity contribution in [3.63, 3.8) is 0 Å². The third-order valence-electron chi connectivity index (χ3n) is 5.41. The standard InChI is InChI=1S/C22H25FN2/c23-22-7-5-18(6-8-22)9-12-24-13-10-19(11-14-24)15-25-16-20-3-1-2-4-21(20)17-25/h1-8,16-17,19H,9-15H2. The van der Waals surface area contributed by atoms with E-state index in [0.29, 0.717) is 0 Å². The van der Waals surface area contributed by atoms with E-state index in [-0.39, 0.29) is 5.82 Å². The molecule has 2 heterocycles. The Morgan fingerprint density at radius 1 is 0.880 bits per heavy atom. The monoisotopic (exact) mass is 336 g/mol. The number of hydrogen-bond donors (Lipinski definition) is 0. The zero-order chi connectivity index (χ0) is 17.1. The lowest BCUT2D eigenvalue weighted by molar-refractivity contribution is 0.175. The normalized spacial score (nSPS) is 16.5. The van der Waals surface area contributed by atoms with E-state index in [2.05, 4.69) is 46.1 Å². The molecule has 1 fully saturated rings. The fourth-order valence-electron chi connectivity index (χ4n) is 3.88. The number of aromatic nitrogens is 1. The van der Waals surface area contributed by atoms with Gasteiger partial charge in [0.1, 0.15) is 5.82 Å². The Hall–Kier alpha value is -2.13. The smallest absolute Gasteiger partial charge is 0.123 e. The first-order valence-corrected chi connectivity index (χ1v) is 9.27. The molecule has 0 radical (unpaired) electrons. The highest BCUT2D eigenvalue weighted by atomic mass is 19.1. The Bertz CT molecular complexity index is 780. The molecule has 25 heavy (non-hydrogen) atoms. The average molecular weight is 336 g/mol. The van der Waals surface area contributed by atoms with E-state index in [1.165, 1.54) is 42.3 Å².